The van der Waals surface area contributed by atoms with Crippen LogP contribution in [-0.2, 0) is 9.84 Å². The Morgan fingerprint density at radius 2 is 2.12 bits per heavy atom. The van der Waals surface area contributed by atoms with Crippen LogP contribution in [0.25, 0.3) is 0 Å². The fraction of sp³-hybridized carbons (Fsp3) is 0.600. The van der Waals surface area contributed by atoms with Gasteiger partial charge in [-0.1, -0.05) is 0 Å². The topological polar surface area (TPSA) is 75.2 Å². The molecule has 0 saturated carbocycles. The summed E-state index contributed by atoms with van der Waals surface area (Å²) in [6.45, 7) is 2.31. The Bertz CT molecular complexity index is 487. The number of aryl methyl sites for hydroxylation is 1. The van der Waals surface area contributed by atoms with Gasteiger partial charge in [-0.25, -0.2) is 13.4 Å². The first-order valence-electron chi connectivity index (χ1n) is 5.23. The molecule has 1 aromatic rings. The van der Waals surface area contributed by atoms with E-state index in [-0.39, 0.29) is 5.75 Å². The predicted molar refractivity (Wildman–Crippen MR) is 69.3 cm³/mol. The number of aromatic nitrogens is 2. The Kier molecular flexibility index (Phi) is 4.28. The third-order valence-corrected chi connectivity index (χ3v) is 3.25. The van der Waals surface area contributed by atoms with Gasteiger partial charge in [-0.3, -0.25) is 0 Å². The van der Waals surface area contributed by atoms with Crippen molar-refractivity contribution in [2.75, 3.05) is 42.9 Å². The second-order valence-corrected chi connectivity index (χ2v) is 6.26. The van der Waals surface area contributed by atoms with Crippen LogP contribution in [-0.4, -0.2) is 51.0 Å². The highest BCUT2D eigenvalue weighted by Gasteiger charge is 2.10. The maximum atomic E-state index is 11.1. The van der Waals surface area contributed by atoms with Crippen molar-refractivity contribution in [2.24, 2.45) is 0 Å². The molecule has 0 atom stereocenters. The molecule has 17 heavy (non-hydrogen) atoms. The first kappa shape index (κ1) is 13.7. The summed E-state index contributed by atoms with van der Waals surface area (Å²) in [4.78, 5) is 10.2. The Labute approximate surface area is 102 Å². The zero-order valence-electron chi connectivity index (χ0n) is 10.6. The van der Waals surface area contributed by atoms with Crippen molar-refractivity contribution in [1.29, 1.82) is 0 Å². The SMILES string of the molecule is CNc1ncc(C)c(N(C)CCS(C)(=O)=O)n1. The van der Waals surface area contributed by atoms with Crippen LogP contribution < -0.4 is 10.2 Å². The van der Waals surface area contributed by atoms with Crippen LogP contribution in [0, 0.1) is 6.92 Å². The zero-order valence-corrected chi connectivity index (χ0v) is 11.4. The third kappa shape index (κ3) is 4.18. The van der Waals surface area contributed by atoms with Crippen LogP contribution in [0.3, 0.4) is 0 Å². The summed E-state index contributed by atoms with van der Waals surface area (Å²) in [5, 5.41) is 2.85. The van der Waals surface area contributed by atoms with E-state index in [4.69, 9.17) is 0 Å². The lowest BCUT2D eigenvalue weighted by Crippen LogP contribution is -2.26. The van der Waals surface area contributed by atoms with Gasteiger partial charge in [0.15, 0.2) is 0 Å². The van der Waals surface area contributed by atoms with Crippen molar-refractivity contribution in [2.45, 2.75) is 6.92 Å². The van der Waals surface area contributed by atoms with Gasteiger partial charge in [0.05, 0.1) is 5.75 Å². The second kappa shape index (κ2) is 5.31. The number of rotatable bonds is 5. The van der Waals surface area contributed by atoms with Crippen LogP contribution in [0.15, 0.2) is 6.20 Å². The molecule has 0 spiro atoms. The molecule has 0 unspecified atom stereocenters. The lowest BCUT2D eigenvalue weighted by atomic mass is 10.3. The quantitative estimate of drug-likeness (QED) is 0.819. The van der Waals surface area contributed by atoms with E-state index in [1.54, 1.807) is 13.2 Å². The molecule has 1 heterocycles. The number of hydrogen-bond acceptors (Lipinski definition) is 6. The minimum absolute atomic E-state index is 0.113. The highest BCUT2D eigenvalue weighted by Crippen LogP contribution is 2.16. The fourth-order valence-corrected chi connectivity index (χ4v) is 1.95. The summed E-state index contributed by atoms with van der Waals surface area (Å²) >= 11 is 0. The van der Waals surface area contributed by atoms with Gasteiger partial charge in [0, 0.05) is 38.7 Å². The third-order valence-electron chi connectivity index (χ3n) is 2.33. The molecule has 0 aliphatic heterocycles. The minimum Gasteiger partial charge on any atom is -0.358 e. The van der Waals surface area contributed by atoms with E-state index in [2.05, 4.69) is 15.3 Å². The standard InChI is InChI=1S/C10H18N4O2S/c1-8-7-12-10(11-2)13-9(8)14(3)5-6-17(4,15)16/h7H,5-6H2,1-4H3,(H,11,12,13). The molecule has 0 aromatic carbocycles. The molecule has 0 amide bonds. The van der Waals surface area contributed by atoms with Gasteiger partial charge in [0.2, 0.25) is 5.95 Å². The predicted octanol–water partition coefficient (Wildman–Crippen LogP) is 0.308. The molecule has 96 valence electrons. The smallest absolute Gasteiger partial charge is 0.224 e. The van der Waals surface area contributed by atoms with E-state index >= 15 is 0 Å². The van der Waals surface area contributed by atoms with E-state index in [0.717, 1.165) is 11.4 Å². The summed E-state index contributed by atoms with van der Waals surface area (Å²) in [6, 6.07) is 0. The molecule has 0 radical (unpaired) electrons. The second-order valence-electron chi connectivity index (χ2n) is 4.00. The molecular formula is C10H18N4O2S. The summed E-state index contributed by atoms with van der Waals surface area (Å²) < 4.78 is 22.2. The first-order chi connectivity index (χ1) is 7.83. The number of anilines is 2. The molecule has 1 aromatic heterocycles. The van der Waals surface area contributed by atoms with Crippen molar-refractivity contribution < 1.29 is 8.42 Å². The average Bonchev–Trinajstić information content (AvgIpc) is 2.25. The number of nitrogens with zero attached hydrogens (tertiary/aromatic N) is 3. The van der Waals surface area contributed by atoms with Gasteiger partial charge < -0.3 is 10.2 Å². The average molecular weight is 258 g/mol. The van der Waals surface area contributed by atoms with Crippen LogP contribution in [0.4, 0.5) is 11.8 Å². The maximum absolute atomic E-state index is 11.1. The number of hydrogen-bond donors (Lipinski definition) is 1. The first-order valence-corrected chi connectivity index (χ1v) is 7.30. The van der Waals surface area contributed by atoms with Gasteiger partial charge in [-0.15, -0.1) is 0 Å². The summed E-state index contributed by atoms with van der Waals surface area (Å²) in [5.41, 5.74) is 0.917. The van der Waals surface area contributed by atoms with Crippen molar-refractivity contribution in [1.82, 2.24) is 9.97 Å². The molecule has 0 aliphatic carbocycles. The van der Waals surface area contributed by atoms with Crippen LogP contribution in [0.1, 0.15) is 5.56 Å². The van der Waals surface area contributed by atoms with Gasteiger partial charge >= 0.3 is 0 Å². The van der Waals surface area contributed by atoms with Gasteiger partial charge in [-0.05, 0) is 6.92 Å². The van der Waals surface area contributed by atoms with Crippen molar-refractivity contribution in [3.05, 3.63) is 11.8 Å². The van der Waals surface area contributed by atoms with E-state index in [9.17, 15) is 8.42 Å². The molecule has 1 rings (SSSR count). The van der Waals surface area contributed by atoms with Gasteiger partial charge in [0.25, 0.3) is 0 Å². The van der Waals surface area contributed by atoms with E-state index in [1.165, 1.54) is 6.26 Å². The molecule has 1 N–H and O–H groups in total. The molecule has 0 saturated heterocycles. The number of nitrogens with one attached hydrogen (secondary N) is 1. The Morgan fingerprint density at radius 1 is 1.47 bits per heavy atom. The van der Waals surface area contributed by atoms with E-state index in [0.29, 0.717) is 12.5 Å². The summed E-state index contributed by atoms with van der Waals surface area (Å²) in [5.74, 6) is 1.38. The fourth-order valence-electron chi connectivity index (χ4n) is 1.35. The Balaban J connectivity index is 2.84. The van der Waals surface area contributed by atoms with Gasteiger partial charge in [0.1, 0.15) is 15.7 Å². The highest BCUT2D eigenvalue weighted by molar-refractivity contribution is 7.90. The minimum atomic E-state index is -2.96. The molecule has 0 aliphatic rings. The largest absolute Gasteiger partial charge is 0.358 e. The van der Waals surface area contributed by atoms with Crippen molar-refractivity contribution >= 4 is 21.6 Å². The lowest BCUT2D eigenvalue weighted by Gasteiger charge is -2.19. The number of sulfone groups is 1. The molecule has 0 fully saturated rings. The normalized spacial score (nSPS) is 11.3. The lowest BCUT2D eigenvalue weighted by molar-refractivity contribution is 0.601. The van der Waals surface area contributed by atoms with E-state index in [1.807, 2.05) is 18.9 Å². The summed E-state index contributed by atoms with van der Waals surface area (Å²) in [6.07, 6.45) is 2.94. The van der Waals surface area contributed by atoms with Crippen molar-refractivity contribution in [3.8, 4) is 0 Å². The van der Waals surface area contributed by atoms with E-state index < -0.39 is 9.84 Å². The monoisotopic (exact) mass is 258 g/mol. The maximum Gasteiger partial charge on any atom is 0.224 e. The van der Waals surface area contributed by atoms with Crippen LogP contribution >= 0.6 is 0 Å². The molecule has 0 bridgehead atoms. The Hall–Kier alpha value is -1.37. The van der Waals surface area contributed by atoms with Gasteiger partial charge in [-0.2, -0.15) is 4.98 Å². The molecule has 6 nitrogen and oxygen atoms in total. The molecular weight excluding hydrogens is 240 g/mol. The van der Waals surface area contributed by atoms with Crippen LogP contribution in [0.2, 0.25) is 0 Å². The van der Waals surface area contributed by atoms with Crippen molar-refractivity contribution in [3.63, 3.8) is 0 Å². The highest BCUT2D eigenvalue weighted by atomic mass is 32.2. The summed E-state index contributed by atoms with van der Waals surface area (Å²) in [7, 11) is 0.604. The van der Waals surface area contributed by atoms with Crippen LogP contribution in [0.5, 0.6) is 0 Å². The Morgan fingerprint density at radius 3 is 2.65 bits per heavy atom. The molecule has 7 heteroatoms. The zero-order chi connectivity index (χ0) is 13.1.